The first-order valence-corrected chi connectivity index (χ1v) is 9.57. The van der Waals surface area contributed by atoms with Gasteiger partial charge in [-0.25, -0.2) is 0 Å². The zero-order valence-corrected chi connectivity index (χ0v) is 15.2. The molecule has 126 valence electrons. The highest BCUT2D eigenvalue weighted by atomic mass is 32.2. The molecule has 1 aromatic carbocycles. The van der Waals surface area contributed by atoms with Gasteiger partial charge in [-0.05, 0) is 24.5 Å². The molecular weight excluding hydrogens is 340 g/mol. The predicted octanol–water partition coefficient (Wildman–Crippen LogP) is 3.20. The maximum atomic E-state index is 12.7. The Morgan fingerprint density at radius 1 is 1.46 bits per heavy atom. The number of amides is 1. The van der Waals surface area contributed by atoms with Crippen LogP contribution in [0.4, 0.5) is 5.13 Å². The minimum atomic E-state index is -0.171. The minimum absolute atomic E-state index is 0.158. The molecule has 0 saturated carbocycles. The topological polar surface area (TPSA) is 58.1 Å². The lowest BCUT2D eigenvalue weighted by atomic mass is 10.00. The van der Waals surface area contributed by atoms with E-state index in [9.17, 15) is 4.79 Å². The Morgan fingerprint density at radius 2 is 2.25 bits per heavy atom. The van der Waals surface area contributed by atoms with Crippen molar-refractivity contribution in [1.82, 2.24) is 15.1 Å². The summed E-state index contributed by atoms with van der Waals surface area (Å²) < 4.78 is 0.805. The number of aromatic nitrogens is 2. The maximum absolute atomic E-state index is 12.7. The fourth-order valence-electron chi connectivity index (χ4n) is 2.63. The molecule has 1 aliphatic rings. The third-order valence-electron chi connectivity index (χ3n) is 3.87. The summed E-state index contributed by atoms with van der Waals surface area (Å²) in [5, 5.41) is 11.9. The molecule has 0 fully saturated rings. The molecule has 3 rings (SSSR count). The van der Waals surface area contributed by atoms with E-state index in [1.54, 1.807) is 6.08 Å². The van der Waals surface area contributed by atoms with Gasteiger partial charge in [0.2, 0.25) is 11.0 Å². The van der Waals surface area contributed by atoms with Crippen molar-refractivity contribution in [3.63, 3.8) is 0 Å². The summed E-state index contributed by atoms with van der Waals surface area (Å²) in [5.74, 6) is 0.158. The van der Waals surface area contributed by atoms with Crippen LogP contribution in [-0.4, -0.2) is 39.3 Å². The Morgan fingerprint density at radius 3 is 3.04 bits per heavy atom. The summed E-state index contributed by atoms with van der Waals surface area (Å²) in [7, 11) is 0. The lowest BCUT2D eigenvalue weighted by Gasteiger charge is -2.30. The van der Waals surface area contributed by atoms with Crippen molar-refractivity contribution in [1.29, 1.82) is 0 Å². The fraction of sp³-hybridized carbons (Fsp3) is 0.353. The first kappa shape index (κ1) is 17.0. The van der Waals surface area contributed by atoms with Gasteiger partial charge in [0.05, 0.1) is 5.25 Å². The first-order valence-electron chi connectivity index (χ1n) is 7.88. The van der Waals surface area contributed by atoms with Crippen LogP contribution >= 0.6 is 23.1 Å². The zero-order valence-electron chi connectivity index (χ0n) is 13.6. The molecule has 0 saturated heterocycles. The predicted molar refractivity (Wildman–Crippen MR) is 99.5 cm³/mol. The third kappa shape index (κ3) is 3.96. The largest absolute Gasteiger partial charge is 0.357 e. The second-order valence-corrected chi connectivity index (χ2v) is 8.15. The number of nitrogens with zero attached hydrogens (tertiary/aromatic N) is 3. The molecule has 0 radical (unpaired) electrons. The van der Waals surface area contributed by atoms with Gasteiger partial charge in [0.1, 0.15) is 0 Å². The summed E-state index contributed by atoms with van der Waals surface area (Å²) >= 11 is 2.93. The van der Waals surface area contributed by atoms with Crippen LogP contribution in [0.3, 0.4) is 0 Å². The number of rotatable bonds is 6. The molecule has 2 heterocycles. The van der Waals surface area contributed by atoms with Gasteiger partial charge in [0.25, 0.3) is 0 Å². The van der Waals surface area contributed by atoms with E-state index in [2.05, 4.69) is 40.3 Å². The van der Waals surface area contributed by atoms with E-state index in [0.29, 0.717) is 13.1 Å². The van der Waals surface area contributed by atoms with Gasteiger partial charge in [-0.3, -0.25) is 4.79 Å². The van der Waals surface area contributed by atoms with E-state index < -0.39 is 0 Å². The molecule has 1 aliphatic heterocycles. The van der Waals surface area contributed by atoms with Crippen LogP contribution in [0.25, 0.3) is 0 Å². The number of anilines is 1. The van der Waals surface area contributed by atoms with Crippen molar-refractivity contribution >= 4 is 34.1 Å². The zero-order chi connectivity index (χ0) is 16.9. The number of fused-ring (bicyclic) bond motifs is 1. The van der Waals surface area contributed by atoms with Crippen LogP contribution in [0.2, 0.25) is 0 Å². The van der Waals surface area contributed by atoms with Gasteiger partial charge in [-0.2, -0.15) is 0 Å². The SMILES string of the molecule is C=CCNc1nnc(SC(C)C(=O)N2CCc3ccccc3C2)s1. The van der Waals surface area contributed by atoms with Crippen LogP contribution in [0.15, 0.2) is 41.3 Å². The molecular formula is C17H20N4OS2. The molecule has 2 aromatic rings. The Balaban J connectivity index is 1.59. The number of nitrogens with one attached hydrogen (secondary N) is 1. The monoisotopic (exact) mass is 360 g/mol. The molecule has 0 spiro atoms. The summed E-state index contributed by atoms with van der Waals surface area (Å²) in [4.78, 5) is 14.7. The van der Waals surface area contributed by atoms with Crippen LogP contribution in [0, 0.1) is 0 Å². The van der Waals surface area contributed by atoms with Gasteiger partial charge in [0.15, 0.2) is 4.34 Å². The van der Waals surface area contributed by atoms with E-state index >= 15 is 0 Å². The lowest BCUT2D eigenvalue weighted by molar-refractivity contribution is -0.131. The van der Waals surface area contributed by atoms with Crippen molar-refractivity contribution < 1.29 is 4.79 Å². The van der Waals surface area contributed by atoms with Crippen LogP contribution < -0.4 is 5.32 Å². The maximum Gasteiger partial charge on any atom is 0.236 e. The lowest BCUT2D eigenvalue weighted by Crippen LogP contribution is -2.40. The van der Waals surface area contributed by atoms with Crippen molar-refractivity contribution in [2.75, 3.05) is 18.4 Å². The summed E-state index contributed by atoms with van der Waals surface area (Å²) in [5.41, 5.74) is 2.60. The average molecular weight is 361 g/mol. The molecule has 1 amide bonds. The standard InChI is InChI=1S/C17H20N4OS2/c1-3-9-18-16-19-20-17(24-16)23-12(2)15(22)21-10-8-13-6-4-5-7-14(13)11-21/h3-7,12H,1,8-11H2,2H3,(H,18,19). The number of carbonyl (C=O) groups is 1. The normalized spacial score (nSPS) is 14.8. The van der Waals surface area contributed by atoms with E-state index in [1.165, 1.54) is 34.2 Å². The Labute approximate surface area is 150 Å². The van der Waals surface area contributed by atoms with Crippen molar-refractivity contribution in [2.24, 2.45) is 0 Å². The van der Waals surface area contributed by atoms with Gasteiger partial charge in [-0.1, -0.05) is 53.4 Å². The Bertz CT molecular complexity index is 731. The van der Waals surface area contributed by atoms with Crippen LogP contribution in [-0.2, 0) is 17.8 Å². The molecule has 0 bridgehead atoms. The highest BCUT2D eigenvalue weighted by Crippen LogP contribution is 2.30. The number of thioether (sulfide) groups is 1. The average Bonchev–Trinajstić information content (AvgIpc) is 3.06. The van der Waals surface area contributed by atoms with Crippen LogP contribution in [0.5, 0.6) is 0 Å². The number of hydrogen-bond acceptors (Lipinski definition) is 6. The Kier molecular flexibility index (Phi) is 5.52. The molecule has 24 heavy (non-hydrogen) atoms. The smallest absolute Gasteiger partial charge is 0.236 e. The molecule has 0 aliphatic carbocycles. The summed E-state index contributed by atoms with van der Waals surface area (Å²) in [6.45, 7) is 7.73. The molecule has 1 aromatic heterocycles. The van der Waals surface area contributed by atoms with Gasteiger partial charge >= 0.3 is 0 Å². The minimum Gasteiger partial charge on any atom is -0.357 e. The fourth-order valence-corrected chi connectivity index (χ4v) is 4.62. The van der Waals surface area contributed by atoms with E-state index in [-0.39, 0.29) is 11.2 Å². The van der Waals surface area contributed by atoms with Gasteiger partial charge < -0.3 is 10.2 Å². The van der Waals surface area contributed by atoms with Crippen molar-refractivity contribution in [3.8, 4) is 0 Å². The van der Waals surface area contributed by atoms with E-state index in [4.69, 9.17) is 0 Å². The summed E-state index contributed by atoms with van der Waals surface area (Å²) in [6.07, 6.45) is 2.70. The number of benzene rings is 1. The highest BCUT2D eigenvalue weighted by Gasteiger charge is 2.26. The summed E-state index contributed by atoms with van der Waals surface area (Å²) in [6, 6.07) is 8.34. The highest BCUT2D eigenvalue weighted by molar-refractivity contribution is 8.02. The quantitative estimate of drug-likeness (QED) is 0.633. The number of hydrogen-bond donors (Lipinski definition) is 1. The van der Waals surface area contributed by atoms with E-state index in [0.717, 1.165) is 22.4 Å². The van der Waals surface area contributed by atoms with Crippen LogP contribution in [0.1, 0.15) is 18.1 Å². The van der Waals surface area contributed by atoms with Gasteiger partial charge in [0, 0.05) is 19.6 Å². The second kappa shape index (κ2) is 7.81. The van der Waals surface area contributed by atoms with Crippen molar-refractivity contribution in [3.05, 3.63) is 48.0 Å². The second-order valence-electron chi connectivity index (χ2n) is 5.58. The third-order valence-corrected chi connectivity index (χ3v) is 5.92. The Hall–Kier alpha value is -1.86. The molecule has 1 atom stereocenters. The van der Waals surface area contributed by atoms with Crippen molar-refractivity contribution in [2.45, 2.75) is 29.5 Å². The van der Waals surface area contributed by atoms with E-state index in [1.807, 2.05) is 17.9 Å². The molecule has 1 unspecified atom stereocenters. The number of carbonyl (C=O) groups excluding carboxylic acids is 1. The first-order chi connectivity index (χ1) is 11.7. The molecule has 5 nitrogen and oxygen atoms in total. The molecule has 7 heteroatoms. The molecule has 1 N–H and O–H groups in total. The van der Waals surface area contributed by atoms with Gasteiger partial charge in [-0.15, -0.1) is 16.8 Å².